The normalized spacial score (nSPS) is 10.2. The molecule has 0 spiro atoms. The summed E-state index contributed by atoms with van der Waals surface area (Å²) in [6.07, 6.45) is 5.42. The van der Waals surface area contributed by atoms with E-state index in [4.69, 9.17) is 4.74 Å². The molecule has 0 bridgehead atoms. The lowest BCUT2D eigenvalue weighted by Crippen LogP contribution is -2.22. The number of benzene rings is 1. The van der Waals surface area contributed by atoms with Crippen LogP contribution < -0.4 is 10.1 Å². The Balaban J connectivity index is 1.66. The fourth-order valence-corrected chi connectivity index (χ4v) is 1.97. The second kappa shape index (κ2) is 7.38. The van der Waals surface area contributed by atoms with E-state index in [1.165, 1.54) is 0 Å². The molecule has 20 heavy (non-hydrogen) atoms. The van der Waals surface area contributed by atoms with E-state index in [1.54, 1.807) is 7.11 Å². The highest BCUT2D eigenvalue weighted by Crippen LogP contribution is 2.11. The number of nitrogens with one attached hydrogen (secondary N) is 1. The van der Waals surface area contributed by atoms with E-state index >= 15 is 0 Å². The van der Waals surface area contributed by atoms with Crippen LogP contribution in [0.3, 0.4) is 0 Å². The van der Waals surface area contributed by atoms with Crippen molar-refractivity contribution < 1.29 is 9.53 Å². The number of hydrogen-bond donors (Lipinski definition) is 1. The molecular formula is C16H20N2O2. The van der Waals surface area contributed by atoms with Crippen molar-refractivity contribution in [3.63, 3.8) is 0 Å². The number of rotatable bonds is 7. The summed E-state index contributed by atoms with van der Waals surface area (Å²) in [5, 5.41) is 2.93. The standard InChI is InChI=1S/C16H20N2O2/c1-20-15-8-6-14(7-9-15)13-17-16(19)5-4-12-18-10-2-3-11-18/h2-3,6-11H,4-5,12-13H2,1H3,(H,17,19). The van der Waals surface area contributed by atoms with Crippen LogP contribution in [0.25, 0.3) is 0 Å². The highest BCUT2D eigenvalue weighted by Gasteiger charge is 2.01. The Hall–Kier alpha value is -2.23. The van der Waals surface area contributed by atoms with Crippen molar-refractivity contribution in [1.29, 1.82) is 0 Å². The van der Waals surface area contributed by atoms with Crippen molar-refractivity contribution in [3.05, 3.63) is 54.4 Å². The number of amides is 1. The summed E-state index contributed by atoms with van der Waals surface area (Å²) in [5.41, 5.74) is 1.07. The van der Waals surface area contributed by atoms with Gasteiger partial charge in [-0.25, -0.2) is 0 Å². The Labute approximate surface area is 119 Å². The molecule has 0 fully saturated rings. The molecule has 106 valence electrons. The second-order valence-corrected chi connectivity index (χ2v) is 4.65. The first-order valence-corrected chi connectivity index (χ1v) is 6.78. The van der Waals surface area contributed by atoms with Crippen molar-refractivity contribution in [2.45, 2.75) is 25.9 Å². The van der Waals surface area contributed by atoms with Crippen LogP contribution >= 0.6 is 0 Å². The molecule has 4 heteroatoms. The number of carbonyl (C=O) groups excluding carboxylic acids is 1. The molecule has 1 heterocycles. The molecule has 0 saturated heterocycles. The van der Waals surface area contributed by atoms with Crippen molar-refractivity contribution in [3.8, 4) is 5.75 Å². The number of nitrogens with zero attached hydrogens (tertiary/aromatic N) is 1. The SMILES string of the molecule is COc1ccc(CNC(=O)CCCn2cccc2)cc1. The second-order valence-electron chi connectivity index (χ2n) is 4.65. The molecule has 0 aliphatic heterocycles. The fourth-order valence-electron chi connectivity index (χ4n) is 1.97. The van der Waals surface area contributed by atoms with Crippen LogP contribution in [-0.4, -0.2) is 17.6 Å². The lowest BCUT2D eigenvalue weighted by atomic mass is 10.2. The summed E-state index contributed by atoms with van der Waals surface area (Å²) in [6.45, 7) is 1.44. The fraction of sp³-hybridized carbons (Fsp3) is 0.312. The number of hydrogen-bond acceptors (Lipinski definition) is 2. The molecule has 4 nitrogen and oxygen atoms in total. The van der Waals surface area contributed by atoms with Gasteiger partial charge in [0.1, 0.15) is 5.75 Å². The lowest BCUT2D eigenvalue weighted by molar-refractivity contribution is -0.121. The van der Waals surface area contributed by atoms with Crippen LogP contribution in [-0.2, 0) is 17.9 Å². The van der Waals surface area contributed by atoms with Gasteiger partial charge < -0.3 is 14.6 Å². The van der Waals surface area contributed by atoms with Gasteiger partial charge in [0.05, 0.1) is 7.11 Å². The molecule has 0 atom stereocenters. The molecule has 0 radical (unpaired) electrons. The van der Waals surface area contributed by atoms with Crippen LogP contribution in [0, 0.1) is 0 Å². The summed E-state index contributed by atoms with van der Waals surface area (Å²) in [6, 6.07) is 11.7. The molecule has 0 aliphatic rings. The third-order valence-corrected chi connectivity index (χ3v) is 3.14. The number of methoxy groups -OCH3 is 1. The summed E-state index contributed by atoms with van der Waals surface area (Å²) in [5.74, 6) is 0.916. The molecular weight excluding hydrogens is 252 g/mol. The van der Waals surface area contributed by atoms with E-state index in [-0.39, 0.29) is 5.91 Å². The van der Waals surface area contributed by atoms with Gasteiger partial charge in [0.2, 0.25) is 5.91 Å². The summed E-state index contributed by atoms with van der Waals surface area (Å²) in [4.78, 5) is 11.7. The van der Waals surface area contributed by atoms with Crippen LogP contribution in [0.5, 0.6) is 5.75 Å². The van der Waals surface area contributed by atoms with Gasteiger partial charge in [-0.15, -0.1) is 0 Å². The minimum absolute atomic E-state index is 0.0907. The van der Waals surface area contributed by atoms with Gasteiger partial charge in [0.25, 0.3) is 0 Å². The highest BCUT2D eigenvalue weighted by atomic mass is 16.5. The summed E-state index contributed by atoms with van der Waals surface area (Å²) >= 11 is 0. The Bertz CT molecular complexity index is 518. The van der Waals surface area contributed by atoms with Gasteiger partial charge >= 0.3 is 0 Å². The van der Waals surface area contributed by atoms with Crippen LogP contribution in [0.15, 0.2) is 48.8 Å². The van der Waals surface area contributed by atoms with E-state index in [9.17, 15) is 4.79 Å². The molecule has 0 aliphatic carbocycles. The van der Waals surface area contributed by atoms with Crippen molar-refractivity contribution >= 4 is 5.91 Å². The Morgan fingerprint density at radius 2 is 1.90 bits per heavy atom. The van der Waals surface area contributed by atoms with E-state index in [1.807, 2.05) is 48.8 Å². The number of aryl methyl sites for hydroxylation is 1. The van der Waals surface area contributed by atoms with Gasteiger partial charge in [0, 0.05) is 31.9 Å². The number of aromatic nitrogens is 1. The van der Waals surface area contributed by atoms with Crippen LogP contribution in [0.1, 0.15) is 18.4 Å². The van der Waals surface area contributed by atoms with Crippen molar-refractivity contribution in [2.75, 3.05) is 7.11 Å². The zero-order chi connectivity index (χ0) is 14.2. The van der Waals surface area contributed by atoms with Gasteiger partial charge in [-0.2, -0.15) is 0 Å². The van der Waals surface area contributed by atoms with E-state index in [2.05, 4.69) is 9.88 Å². The molecule has 1 aromatic carbocycles. The monoisotopic (exact) mass is 272 g/mol. The third kappa shape index (κ3) is 4.46. The van der Waals surface area contributed by atoms with E-state index in [0.717, 1.165) is 24.3 Å². The third-order valence-electron chi connectivity index (χ3n) is 3.14. The lowest BCUT2D eigenvalue weighted by Gasteiger charge is -2.07. The van der Waals surface area contributed by atoms with Gasteiger partial charge in [-0.05, 0) is 36.2 Å². The highest BCUT2D eigenvalue weighted by molar-refractivity contribution is 5.75. The van der Waals surface area contributed by atoms with Crippen molar-refractivity contribution in [2.24, 2.45) is 0 Å². The van der Waals surface area contributed by atoms with E-state index in [0.29, 0.717) is 13.0 Å². The average molecular weight is 272 g/mol. The maximum atomic E-state index is 11.7. The maximum absolute atomic E-state index is 11.7. The molecule has 1 aromatic heterocycles. The zero-order valence-corrected chi connectivity index (χ0v) is 11.7. The zero-order valence-electron chi connectivity index (χ0n) is 11.7. The van der Waals surface area contributed by atoms with Crippen LogP contribution in [0.2, 0.25) is 0 Å². The minimum Gasteiger partial charge on any atom is -0.497 e. The largest absolute Gasteiger partial charge is 0.497 e. The molecule has 1 N–H and O–H groups in total. The quantitative estimate of drug-likeness (QED) is 0.842. The predicted molar refractivity (Wildman–Crippen MR) is 78.5 cm³/mol. The summed E-state index contributed by atoms with van der Waals surface area (Å²) in [7, 11) is 1.64. The maximum Gasteiger partial charge on any atom is 0.220 e. The first-order valence-electron chi connectivity index (χ1n) is 6.78. The van der Waals surface area contributed by atoms with Gasteiger partial charge in [-0.3, -0.25) is 4.79 Å². The van der Waals surface area contributed by atoms with Crippen molar-refractivity contribution in [1.82, 2.24) is 9.88 Å². The van der Waals surface area contributed by atoms with Gasteiger partial charge in [-0.1, -0.05) is 12.1 Å². The Morgan fingerprint density at radius 1 is 1.20 bits per heavy atom. The molecule has 0 saturated carbocycles. The summed E-state index contributed by atoms with van der Waals surface area (Å²) < 4.78 is 7.17. The molecule has 2 rings (SSSR count). The van der Waals surface area contributed by atoms with Crippen LogP contribution in [0.4, 0.5) is 0 Å². The first-order chi connectivity index (χ1) is 9.78. The molecule has 2 aromatic rings. The number of carbonyl (C=O) groups is 1. The van der Waals surface area contributed by atoms with E-state index < -0.39 is 0 Å². The van der Waals surface area contributed by atoms with Gasteiger partial charge in [0.15, 0.2) is 0 Å². The Morgan fingerprint density at radius 3 is 2.55 bits per heavy atom. The average Bonchev–Trinajstić information content (AvgIpc) is 2.99. The predicted octanol–water partition coefficient (Wildman–Crippen LogP) is 2.59. The minimum atomic E-state index is 0.0907. The smallest absolute Gasteiger partial charge is 0.220 e. The molecule has 1 amide bonds. The first kappa shape index (κ1) is 14.2. The topological polar surface area (TPSA) is 43.3 Å². The Kier molecular flexibility index (Phi) is 5.24. The molecule has 0 unspecified atom stereocenters. The number of ether oxygens (including phenoxy) is 1.